The second-order valence-corrected chi connectivity index (χ2v) is 3.43. The number of carboxylic acid groups (broad SMARTS) is 2. The molecule has 0 aromatic carbocycles. The fourth-order valence-corrected chi connectivity index (χ4v) is 0.854. The molecule has 0 fully saturated rings. The van der Waals surface area contributed by atoms with Gasteiger partial charge in [-0.05, 0) is 0 Å². The zero-order chi connectivity index (χ0) is 18.9. The van der Waals surface area contributed by atoms with Gasteiger partial charge in [0.15, 0.2) is 0 Å². The van der Waals surface area contributed by atoms with E-state index in [0.717, 1.165) is 0 Å². The number of nitrogens with two attached hydrogens (primary N) is 6. The van der Waals surface area contributed by atoms with Gasteiger partial charge in [0.1, 0.15) is 0 Å². The Morgan fingerprint density at radius 3 is 0.708 bits per heavy atom. The van der Waals surface area contributed by atoms with Crippen LogP contribution in [0.1, 0.15) is 0 Å². The molecule has 0 aliphatic rings. The first-order valence-electron chi connectivity index (χ1n) is 5.52. The van der Waals surface area contributed by atoms with Crippen molar-refractivity contribution in [1.29, 1.82) is 0 Å². The molecular weight excluding hydrogens is 328 g/mol. The summed E-state index contributed by atoms with van der Waals surface area (Å²) >= 11 is 0. The summed E-state index contributed by atoms with van der Waals surface area (Å²) in [6.07, 6.45) is 0. The molecule has 14 N–H and O–H groups in total. The first kappa shape index (κ1) is 19.8. The molecule has 0 saturated heterocycles. The van der Waals surface area contributed by atoms with Crippen LogP contribution in [0.5, 0.6) is 0 Å². The molecule has 24 heavy (non-hydrogen) atoms. The fraction of sp³-hybridized carbons (Fsp3) is 0. The lowest BCUT2D eigenvalue weighted by Crippen LogP contribution is -2.09. The van der Waals surface area contributed by atoms with Crippen LogP contribution in [0.25, 0.3) is 0 Å². The molecule has 16 nitrogen and oxygen atoms in total. The number of nitrogens with zero attached hydrogens (tertiary/aromatic N) is 6. The third kappa shape index (κ3) is 8.84. The van der Waals surface area contributed by atoms with Gasteiger partial charge in [-0.15, -0.1) is 0 Å². The van der Waals surface area contributed by atoms with Crippen LogP contribution in [0.3, 0.4) is 0 Å². The Labute approximate surface area is 132 Å². The minimum absolute atomic E-state index is 0.0417. The van der Waals surface area contributed by atoms with Gasteiger partial charge in [0.05, 0.1) is 0 Å². The average Bonchev–Trinajstić information content (AvgIpc) is 2.36. The summed E-state index contributed by atoms with van der Waals surface area (Å²) in [5.41, 5.74) is 30.8. The van der Waals surface area contributed by atoms with Crippen LogP contribution >= 0.6 is 0 Å². The molecule has 0 unspecified atom stereocenters. The molecular formula is C8H14N12O4. The summed E-state index contributed by atoms with van der Waals surface area (Å²) in [5.74, 6) is -3.40. The third-order valence-corrected chi connectivity index (χ3v) is 1.56. The molecule has 0 aliphatic carbocycles. The van der Waals surface area contributed by atoms with Crippen LogP contribution in [0.2, 0.25) is 0 Å². The summed E-state index contributed by atoms with van der Waals surface area (Å²) in [6.45, 7) is 0. The van der Waals surface area contributed by atoms with Gasteiger partial charge in [0, 0.05) is 0 Å². The Morgan fingerprint density at radius 1 is 0.500 bits per heavy atom. The van der Waals surface area contributed by atoms with Crippen molar-refractivity contribution in [3.63, 3.8) is 0 Å². The largest absolute Gasteiger partial charge is 0.473 e. The van der Waals surface area contributed by atoms with Crippen molar-refractivity contribution in [2.75, 3.05) is 34.4 Å². The van der Waals surface area contributed by atoms with E-state index in [2.05, 4.69) is 29.9 Å². The first-order valence-corrected chi connectivity index (χ1v) is 5.52. The number of hydrogen-bond donors (Lipinski definition) is 8. The van der Waals surface area contributed by atoms with Crippen molar-refractivity contribution in [2.24, 2.45) is 0 Å². The summed E-state index contributed by atoms with van der Waals surface area (Å²) in [6, 6.07) is 0. The van der Waals surface area contributed by atoms with E-state index in [1.54, 1.807) is 0 Å². The maximum Gasteiger partial charge on any atom is 0.414 e. The molecule has 0 spiro atoms. The quantitative estimate of drug-likeness (QED) is 0.214. The van der Waals surface area contributed by atoms with Gasteiger partial charge < -0.3 is 44.6 Å². The smallest absolute Gasteiger partial charge is 0.414 e. The number of carboxylic acids is 2. The summed E-state index contributed by atoms with van der Waals surface area (Å²) in [7, 11) is 0. The molecule has 0 atom stereocenters. The van der Waals surface area contributed by atoms with Gasteiger partial charge in [0.25, 0.3) is 0 Å². The highest BCUT2D eigenvalue weighted by atomic mass is 16.4. The summed E-state index contributed by atoms with van der Waals surface area (Å²) in [5, 5.41) is 14.8. The van der Waals surface area contributed by atoms with Crippen LogP contribution in [0, 0.1) is 0 Å². The van der Waals surface area contributed by atoms with E-state index in [0.29, 0.717) is 0 Å². The molecule has 2 aromatic rings. The van der Waals surface area contributed by atoms with E-state index >= 15 is 0 Å². The van der Waals surface area contributed by atoms with Gasteiger partial charge in [0.2, 0.25) is 35.7 Å². The number of aliphatic carboxylic acids is 2. The number of aromatic nitrogens is 6. The van der Waals surface area contributed by atoms with Crippen LogP contribution in [-0.2, 0) is 9.59 Å². The lowest BCUT2D eigenvalue weighted by Gasteiger charge is -1.93. The third-order valence-electron chi connectivity index (χ3n) is 1.56. The van der Waals surface area contributed by atoms with Gasteiger partial charge >= 0.3 is 11.9 Å². The van der Waals surface area contributed by atoms with E-state index in [-0.39, 0.29) is 35.7 Å². The summed E-state index contributed by atoms with van der Waals surface area (Å²) < 4.78 is 0. The summed E-state index contributed by atoms with van der Waals surface area (Å²) in [4.78, 5) is 39.1. The lowest BCUT2D eigenvalue weighted by atomic mass is 10.7. The van der Waals surface area contributed by atoms with Crippen molar-refractivity contribution < 1.29 is 19.8 Å². The predicted molar refractivity (Wildman–Crippen MR) is 81.4 cm³/mol. The molecule has 2 heterocycles. The van der Waals surface area contributed by atoms with Gasteiger partial charge in [-0.3, -0.25) is 0 Å². The van der Waals surface area contributed by atoms with Crippen molar-refractivity contribution >= 4 is 47.6 Å². The van der Waals surface area contributed by atoms with E-state index in [4.69, 9.17) is 54.2 Å². The van der Waals surface area contributed by atoms with E-state index in [1.165, 1.54) is 0 Å². The topological polar surface area (TPSA) is 308 Å². The molecule has 0 amide bonds. The molecule has 2 aromatic heterocycles. The number of nitrogen functional groups attached to an aromatic ring is 6. The van der Waals surface area contributed by atoms with Gasteiger partial charge in [-0.2, -0.15) is 29.9 Å². The Morgan fingerprint density at radius 2 is 0.625 bits per heavy atom. The van der Waals surface area contributed by atoms with E-state index in [9.17, 15) is 0 Å². The standard InChI is InChI=1S/2C3H6N6.C2H2O4/c2*4-1-7-2(5)9-3(6)8-1;3-1(4)2(5)6/h2*(H6,4,5,6,7,8,9);(H,3,4)(H,5,6). The van der Waals surface area contributed by atoms with E-state index in [1.807, 2.05) is 0 Å². The van der Waals surface area contributed by atoms with Crippen molar-refractivity contribution in [1.82, 2.24) is 29.9 Å². The maximum absolute atomic E-state index is 9.10. The predicted octanol–water partition coefficient (Wildman–Crippen LogP) is -3.61. The zero-order valence-electron chi connectivity index (χ0n) is 11.9. The average molecular weight is 342 g/mol. The number of hydrogen-bond acceptors (Lipinski definition) is 14. The van der Waals surface area contributed by atoms with Crippen LogP contribution < -0.4 is 34.4 Å². The molecule has 0 aliphatic heterocycles. The highest BCUT2D eigenvalue weighted by Gasteiger charge is 2.04. The molecule has 0 bridgehead atoms. The highest BCUT2D eigenvalue weighted by Crippen LogP contribution is 1.98. The first-order chi connectivity index (χ1) is 11.0. The fourth-order valence-electron chi connectivity index (χ4n) is 0.854. The monoisotopic (exact) mass is 342 g/mol. The van der Waals surface area contributed by atoms with Crippen molar-refractivity contribution in [3.05, 3.63) is 0 Å². The van der Waals surface area contributed by atoms with Crippen LogP contribution in [-0.4, -0.2) is 52.1 Å². The van der Waals surface area contributed by atoms with Crippen LogP contribution in [0.15, 0.2) is 0 Å². The van der Waals surface area contributed by atoms with Gasteiger partial charge in [-0.25, -0.2) is 9.59 Å². The second kappa shape index (κ2) is 8.92. The van der Waals surface area contributed by atoms with Gasteiger partial charge in [-0.1, -0.05) is 0 Å². The Hall–Kier alpha value is -4.24. The Bertz CT molecular complexity index is 560. The molecule has 2 rings (SSSR count). The molecule has 0 radical (unpaired) electrons. The van der Waals surface area contributed by atoms with Crippen molar-refractivity contribution in [2.45, 2.75) is 0 Å². The van der Waals surface area contributed by atoms with Crippen molar-refractivity contribution in [3.8, 4) is 0 Å². The molecule has 16 heteroatoms. The molecule has 0 saturated carbocycles. The number of carbonyl (C=O) groups is 2. The Balaban J connectivity index is 0.000000340. The second-order valence-electron chi connectivity index (χ2n) is 3.43. The van der Waals surface area contributed by atoms with E-state index < -0.39 is 11.9 Å². The number of anilines is 6. The normalized spacial score (nSPS) is 8.83. The SMILES string of the molecule is Nc1nc(N)nc(N)n1.Nc1nc(N)nc(N)n1.O=C(O)C(=O)O. The Kier molecular flexibility index (Phi) is 7.34. The lowest BCUT2D eigenvalue weighted by molar-refractivity contribution is -0.159. The van der Waals surface area contributed by atoms with Crippen LogP contribution in [0.4, 0.5) is 35.7 Å². The maximum atomic E-state index is 9.10. The minimum Gasteiger partial charge on any atom is -0.473 e. The zero-order valence-corrected chi connectivity index (χ0v) is 11.9. The number of rotatable bonds is 0. The molecule has 130 valence electrons. The highest BCUT2D eigenvalue weighted by molar-refractivity contribution is 6.27. The minimum atomic E-state index is -1.82.